The highest BCUT2D eigenvalue weighted by molar-refractivity contribution is 6.30. The lowest BCUT2D eigenvalue weighted by Gasteiger charge is -2.12. The highest BCUT2D eigenvalue weighted by Gasteiger charge is 2.06. The predicted molar refractivity (Wildman–Crippen MR) is 85.2 cm³/mol. The zero-order valence-corrected chi connectivity index (χ0v) is 12.9. The normalized spacial score (nSPS) is 10.2. The molecule has 0 bridgehead atoms. The van der Waals surface area contributed by atoms with Gasteiger partial charge in [0.2, 0.25) is 0 Å². The van der Waals surface area contributed by atoms with Crippen LogP contribution in [0.3, 0.4) is 0 Å². The summed E-state index contributed by atoms with van der Waals surface area (Å²) < 4.78 is 5.74. The van der Waals surface area contributed by atoms with Gasteiger partial charge in [-0.1, -0.05) is 29.8 Å². The summed E-state index contributed by atoms with van der Waals surface area (Å²) in [6.45, 7) is 4.91. The van der Waals surface area contributed by atoms with Gasteiger partial charge in [-0.2, -0.15) is 0 Å². The van der Waals surface area contributed by atoms with E-state index in [1.165, 1.54) is 0 Å². The van der Waals surface area contributed by atoms with E-state index in [1.807, 2.05) is 32.0 Å². The van der Waals surface area contributed by atoms with Crippen molar-refractivity contribution in [2.45, 2.75) is 13.8 Å². The first-order valence-corrected chi connectivity index (χ1v) is 7.18. The first kappa shape index (κ1) is 15.4. The number of benzene rings is 2. The van der Waals surface area contributed by atoms with Crippen LogP contribution in [0.2, 0.25) is 5.02 Å². The molecule has 2 rings (SSSR count). The number of hydrogen-bond donors (Lipinski definition) is 1. The van der Waals surface area contributed by atoms with Gasteiger partial charge in [-0.05, 0) is 49.2 Å². The lowest BCUT2D eigenvalue weighted by atomic mass is 10.1. The number of para-hydroxylation sites is 1. The molecule has 110 valence electrons. The van der Waals surface area contributed by atoms with Gasteiger partial charge < -0.3 is 10.1 Å². The van der Waals surface area contributed by atoms with Crippen LogP contribution in [0, 0.1) is 13.8 Å². The summed E-state index contributed by atoms with van der Waals surface area (Å²) in [5.74, 6) is 0.759. The van der Waals surface area contributed by atoms with Crippen LogP contribution >= 0.6 is 11.6 Å². The number of aryl methyl sites for hydroxylation is 2. The van der Waals surface area contributed by atoms with E-state index >= 15 is 0 Å². The minimum atomic E-state index is -0.128. The molecule has 1 N–H and O–H groups in total. The number of rotatable bonds is 5. The third kappa shape index (κ3) is 4.23. The van der Waals surface area contributed by atoms with Crippen LogP contribution in [-0.2, 0) is 0 Å². The van der Waals surface area contributed by atoms with Crippen LogP contribution in [0.5, 0.6) is 5.75 Å². The summed E-state index contributed by atoms with van der Waals surface area (Å²) in [5, 5.41) is 3.44. The Hall–Kier alpha value is -2.00. The molecular formula is C17H18ClNO2. The molecule has 0 fully saturated rings. The minimum absolute atomic E-state index is 0.128. The maximum atomic E-state index is 11.9. The molecule has 21 heavy (non-hydrogen) atoms. The number of carbonyl (C=O) groups is 1. The molecule has 4 heteroatoms. The zero-order chi connectivity index (χ0) is 15.2. The molecule has 2 aromatic rings. The first-order chi connectivity index (χ1) is 10.1. The van der Waals surface area contributed by atoms with Gasteiger partial charge in [0.25, 0.3) is 5.91 Å². The number of amides is 1. The van der Waals surface area contributed by atoms with E-state index in [1.54, 1.807) is 24.3 Å². The van der Waals surface area contributed by atoms with Gasteiger partial charge in [0, 0.05) is 10.6 Å². The van der Waals surface area contributed by atoms with Crippen molar-refractivity contribution in [3.05, 3.63) is 64.2 Å². The molecule has 0 aliphatic carbocycles. The summed E-state index contributed by atoms with van der Waals surface area (Å²) in [6, 6.07) is 12.8. The molecule has 0 aliphatic heterocycles. The second kappa shape index (κ2) is 7.14. The van der Waals surface area contributed by atoms with E-state index in [0.717, 1.165) is 16.9 Å². The fourth-order valence-corrected chi connectivity index (χ4v) is 2.17. The Balaban J connectivity index is 1.82. The van der Waals surface area contributed by atoms with Gasteiger partial charge in [-0.3, -0.25) is 4.79 Å². The molecule has 0 atom stereocenters. The summed E-state index contributed by atoms with van der Waals surface area (Å²) >= 11 is 5.79. The molecule has 0 radical (unpaired) electrons. The molecular weight excluding hydrogens is 286 g/mol. The Morgan fingerprint density at radius 2 is 1.71 bits per heavy atom. The number of nitrogens with one attached hydrogen (secondary N) is 1. The Labute approximate surface area is 129 Å². The van der Waals surface area contributed by atoms with Gasteiger partial charge >= 0.3 is 0 Å². The average Bonchev–Trinajstić information content (AvgIpc) is 2.46. The van der Waals surface area contributed by atoms with Crippen molar-refractivity contribution in [2.24, 2.45) is 0 Å². The number of ether oxygens (including phenoxy) is 1. The molecule has 0 spiro atoms. The second-order valence-corrected chi connectivity index (χ2v) is 5.27. The SMILES string of the molecule is Cc1cccc(C)c1OCCNC(=O)c1ccc(Cl)cc1. The van der Waals surface area contributed by atoms with Crippen LogP contribution in [0.25, 0.3) is 0 Å². The van der Waals surface area contributed by atoms with Crippen molar-refractivity contribution in [1.82, 2.24) is 5.32 Å². The van der Waals surface area contributed by atoms with Crippen LogP contribution < -0.4 is 10.1 Å². The van der Waals surface area contributed by atoms with E-state index in [4.69, 9.17) is 16.3 Å². The van der Waals surface area contributed by atoms with Gasteiger partial charge in [0.1, 0.15) is 12.4 Å². The number of carbonyl (C=O) groups excluding carboxylic acids is 1. The average molecular weight is 304 g/mol. The standard InChI is InChI=1S/C17H18ClNO2/c1-12-4-3-5-13(2)16(12)21-11-10-19-17(20)14-6-8-15(18)9-7-14/h3-9H,10-11H2,1-2H3,(H,19,20). The molecule has 0 unspecified atom stereocenters. The van der Waals surface area contributed by atoms with Crippen molar-refractivity contribution < 1.29 is 9.53 Å². The van der Waals surface area contributed by atoms with Crippen LogP contribution in [0.15, 0.2) is 42.5 Å². The predicted octanol–water partition coefficient (Wildman–Crippen LogP) is 3.77. The summed E-state index contributed by atoms with van der Waals surface area (Å²) in [5.41, 5.74) is 2.78. The topological polar surface area (TPSA) is 38.3 Å². The summed E-state index contributed by atoms with van der Waals surface area (Å²) in [4.78, 5) is 11.9. The Bertz CT molecular complexity index is 603. The lowest BCUT2D eigenvalue weighted by molar-refractivity contribution is 0.0947. The maximum absolute atomic E-state index is 11.9. The monoisotopic (exact) mass is 303 g/mol. The lowest BCUT2D eigenvalue weighted by Crippen LogP contribution is -2.28. The fraction of sp³-hybridized carbons (Fsp3) is 0.235. The number of halogens is 1. The van der Waals surface area contributed by atoms with E-state index in [9.17, 15) is 4.79 Å². The third-order valence-corrected chi connectivity index (χ3v) is 3.40. The van der Waals surface area contributed by atoms with Gasteiger partial charge in [0.15, 0.2) is 0 Å². The van der Waals surface area contributed by atoms with Crippen molar-refractivity contribution in [3.8, 4) is 5.75 Å². The first-order valence-electron chi connectivity index (χ1n) is 6.80. The van der Waals surface area contributed by atoms with Crippen molar-refractivity contribution in [3.63, 3.8) is 0 Å². The molecule has 0 heterocycles. The summed E-state index contributed by atoms with van der Waals surface area (Å²) in [6.07, 6.45) is 0. The molecule has 3 nitrogen and oxygen atoms in total. The van der Waals surface area contributed by atoms with Crippen molar-refractivity contribution in [1.29, 1.82) is 0 Å². The van der Waals surface area contributed by atoms with Gasteiger partial charge in [-0.25, -0.2) is 0 Å². The molecule has 1 amide bonds. The third-order valence-electron chi connectivity index (χ3n) is 3.15. The number of hydrogen-bond acceptors (Lipinski definition) is 2. The van der Waals surface area contributed by atoms with Gasteiger partial charge in [-0.15, -0.1) is 0 Å². The molecule has 0 saturated heterocycles. The van der Waals surface area contributed by atoms with E-state index in [-0.39, 0.29) is 5.91 Å². The van der Waals surface area contributed by atoms with E-state index in [0.29, 0.717) is 23.7 Å². The van der Waals surface area contributed by atoms with Crippen LogP contribution in [0.4, 0.5) is 0 Å². The van der Waals surface area contributed by atoms with E-state index in [2.05, 4.69) is 5.32 Å². The van der Waals surface area contributed by atoms with Crippen molar-refractivity contribution in [2.75, 3.05) is 13.2 Å². The summed E-state index contributed by atoms with van der Waals surface area (Å²) in [7, 11) is 0. The van der Waals surface area contributed by atoms with E-state index < -0.39 is 0 Å². The Morgan fingerprint density at radius 3 is 2.33 bits per heavy atom. The van der Waals surface area contributed by atoms with Crippen LogP contribution in [0.1, 0.15) is 21.5 Å². The molecule has 0 aliphatic rings. The largest absolute Gasteiger partial charge is 0.491 e. The molecule has 0 saturated carbocycles. The Kier molecular flexibility index (Phi) is 5.23. The highest BCUT2D eigenvalue weighted by Crippen LogP contribution is 2.21. The fourth-order valence-electron chi connectivity index (χ4n) is 2.05. The maximum Gasteiger partial charge on any atom is 0.251 e. The highest BCUT2D eigenvalue weighted by atomic mass is 35.5. The van der Waals surface area contributed by atoms with Gasteiger partial charge in [0.05, 0.1) is 6.54 Å². The zero-order valence-electron chi connectivity index (χ0n) is 12.2. The minimum Gasteiger partial charge on any atom is -0.491 e. The Morgan fingerprint density at radius 1 is 1.10 bits per heavy atom. The second-order valence-electron chi connectivity index (χ2n) is 4.83. The van der Waals surface area contributed by atoms with Crippen molar-refractivity contribution >= 4 is 17.5 Å². The molecule has 0 aromatic heterocycles. The van der Waals surface area contributed by atoms with Crippen LogP contribution in [-0.4, -0.2) is 19.1 Å². The smallest absolute Gasteiger partial charge is 0.251 e. The molecule has 2 aromatic carbocycles. The quantitative estimate of drug-likeness (QED) is 0.854.